The summed E-state index contributed by atoms with van der Waals surface area (Å²) >= 11 is 0. The Kier molecular flexibility index (Phi) is 6.23. The molecule has 1 aliphatic rings. The SMILES string of the molecule is NC(=O)CCC(NC(=O)N1CCC(CCO)C1)C(=O)O. The molecular weight excluding hydrogens is 266 g/mol. The molecule has 8 nitrogen and oxygen atoms in total. The number of rotatable bonds is 7. The highest BCUT2D eigenvalue weighted by atomic mass is 16.4. The maximum atomic E-state index is 11.9. The van der Waals surface area contributed by atoms with Crippen molar-refractivity contribution in [1.29, 1.82) is 0 Å². The Bertz CT molecular complexity index is 374. The van der Waals surface area contributed by atoms with Crippen molar-refractivity contribution in [3.8, 4) is 0 Å². The van der Waals surface area contributed by atoms with Crippen molar-refractivity contribution in [2.45, 2.75) is 31.7 Å². The number of carbonyl (C=O) groups excluding carboxylic acids is 2. The monoisotopic (exact) mass is 287 g/mol. The van der Waals surface area contributed by atoms with E-state index in [2.05, 4.69) is 5.32 Å². The molecule has 0 saturated carbocycles. The Balaban J connectivity index is 2.46. The van der Waals surface area contributed by atoms with Gasteiger partial charge in [0, 0.05) is 26.1 Å². The molecule has 0 radical (unpaired) electrons. The van der Waals surface area contributed by atoms with E-state index in [1.54, 1.807) is 0 Å². The number of aliphatic hydroxyl groups excluding tert-OH is 1. The number of likely N-dealkylation sites (tertiary alicyclic amines) is 1. The highest BCUT2D eigenvalue weighted by Crippen LogP contribution is 2.19. The van der Waals surface area contributed by atoms with Gasteiger partial charge in [0.15, 0.2) is 0 Å². The lowest BCUT2D eigenvalue weighted by molar-refractivity contribution is -0.139. The predicted octanol–water partition coefficient (Wildman–Crippen LogP) is -0.881. The molecule has 0 aromatic heterocycles. The zero-order chi connectivity index (χ0) is 15.1. The van der Waals surface area contributed by atoms with Gasteiger partial charge in [0.2, 0.25) is 5.91 Å². The van der Waals surface area contributed by atoms with Gasteiger partial charge in [-0.05, 0) is 25.2 Å². The van der Waals surface area contributed by atoms with Gasteiger partial charge >= 0.3 is 12.0 Å². The molecule has 2 unspecified atom stereocenters. The van der Waals surface area contributed by atoms with E-state index in [9.17, 15) is 14.4 Å². The summed E-state index contributed by atoms with van der Waals surface area (Å²) in [4.78, 5) is 35.1. The summed E-state index contributed by atoms with van der Waals surface area (Å²) in [6, 6.07) is -1.57. The zero-order valence-electron chi connectivity index (χ0n) is 11.2. The van der Waals surface area contributed by atoms with Crippen LogP contribution in [0.1, 0.15) is 25.7 Å². The number of hydrogen-bond acceptors (Lipinski definition) is 4. The van der Waals surface area contributed by atoms with E-state index in [0.717, 1.165) is 6.42 Å². The molecule has 1 heterocycles. The van der Waals surface area contributed by atoms with Gasteiger partial charge in [0.05, 0.1) is 0 Å². The molecule has 20 heavy (non-hydrogen) atoms. The highest BCUT2D eigenvalue weighted by Gasteiger charge is 2.28. The normalized spacial score (nSPS) is 19.6. The van der Waals surface area contributed by atoms with Gasteiger partial charge in [-0.2, -0.15) is 0 Å². The molecule has 0 bridgehead atoms. The first-order chi connectivity index (χ1) is 9.43. The fraction of sp³-hybridized carbons (Fsp3) is 0.750. The van der Waals surface area contributed by atoms with Crippen LogP contribution in [0.15, 0.2) is 0 Å². The summed E-state index contributed by atoms with van der Waals surface area (Å²) in [5.41, 5.74) is 4.97. The average molecular weight is 287 g/mol. The predicted molar refractivity (Wildman–Crippen MR) is 69.8 cm³/mol. The Morgan fingerprint density at radius 3 is 2.65 bits per heavy atom. The summed E-state index contributed by atoms with van der Waals surface area (Å²) in [5.74, 6) is -1.54. The molecule has 114 valence electrons. The third kappa shape index (κ3) is 5.04. The van der Waals surface area contributed by atoms with Crippen LogP contribution in [-0.2, 0) is 9.59 Å². The molecule has 1 rings (SSSR count). The number of aliphatic carboxylic acids is 1. The van der Waals surface area contributed by atoms with Crippen molar-refractivity contribution in [2.75, 3.05) is 19.7 Å². The van der Waals surface area contributed by atoms with Crippen LogP contribution >= 0.6 is 0 Å². The van der Waals surface area contributed by atoms with Gasteiger partial charge in [0.25, 0.3) is 0 Å². The molecule has 0 aromatic carbocycles. The second-order valence-corrected chi connectivity index (χ2v) is 4.96. The lowest BCUT2D eigenvalue weighted by atomic mass is 10.1. The van der Waals surface area contributed by atoms with Gasteiger partial charge in [0.1, 0.15) is 6.04 Å². The van der Waals surface area contributed by atoms with Gasteiger partial charge in [-0.1, -0.05) is 0 Å². The summed E-state index contributed by atoms with van der Waals surface area (Å²) in [7, 11) is 0. The first-order valence-electron chi connectivity index (χ1n) is 6.61. The van der Waals surface area contributed by atoms with E-state index >= 15 is 0 Å². The van der Waals surface area contributed by atoms with Crippen LogP contribution in [-0.4, -0.2) is 58.8 Å². The molecule has 8 heteroatoms. The van der Waals surface area contributed by atoms with Crippen LogP contribution in [0, 0.1) is 5.92 Å². The van der Waals surface area contributed by atoms with Crippen molar-refractivity contribution >= 4 is 17.9 Å². The summed E-state index contributed by atoms with van der Waals surface area (Å²) in [6.07, 6.45) is 1.31. The number of primary amides is 1. The standard InChI is InChI=1S/C12H21N3O5/c13-10(17)2-1-9(11(18)19)14-12(20)15-5-3-8(7-15)4-6-16/h8-9,16H,1-7H2,(H2,13,17)(H,14,20)(H,18,19). The summed E-state index contributed by atoms with van der Waals surface area (Å²) < 4.78 is 0. The van der Waals surface area contributed by atoms with Crippen LogP contribution in [0.5, 0.6) is 0 Å². The molecule has 1 saturated heterocycles. The Labute approximate surface area is 116 Å². The zero-order valence-corrected chi connectivity index (χ0v) is 11.2. The number of nitrogens with two attached hydrogens (primary N) is 1. The van der Waals surface area contributed by atoms with Crippen LogP contribution in [0.2, 0.25) is 0 Å². The van der Waals surface area contributed by atoms with Crippen LogP contribution in [0.3, 0.4) is 0 Å². The van der Waals surface area contributed by atoms with Crippen LogP contribution in [0.4, 0.5) is 4.79 Å². The minimum atomic E-state index is -1.19. The van der Waals surface area contributed by atoms with Crippen LogP contribution in [0.25, 0.3) is 0 Å². The van der Waals surface area contributed by atoms with Crippen molar-refractivity contribution in [2.24, 2.45) is 11.7 Å². The highest BCUT2D eigenvalue weighted by molar-refractivity contribution is 5.83. The second-order valence-electron chi connectivity index (χ2n) is 4.96. The van der Waals surface area contributed by atoms with Gasteiger partial charge < -0.3 is 26.2 Å². The molecule has 5 N–H and O–H groups in total. The third-order valence-electron chi connectivity index (χ3n) is 3.39. The Hall–Kier alpha value is -1.83. The van der Waals surface area contributed by atoms with Crippen LogP contribution < -0.4 is 11.1 Å². The number of amides is 3. The molecule has 3 amide bonds. The molecule has 0 aliphatic carbocycles. The maximum Gasteiger partial charge on any atom is 0.326 e. The van der Waals surface area contributed by atoms with E-state index in [1.807, 2.05) is 0 Å². The Morgan fingerprint density at radius 1 is 1.40 bits per heavy atom. The summed E-state index contributed by atoms with van der Waals surface area (Å²) in [6.45, 7) is 1.13. The Morgan fingerprint density at radius 2 is 2.10 bits per heavy atom. The van der Waals surface area contributed by atoms with Crippen molar-refractivity contribution < 1.29 is 24.6 Å². The first-order valence-corrected chi connectivity index (χ1v) is 6.61. The quantitative estimate of drug-likeness (QED) is 0.482. The topological polar surface area (TPSA) is 133 Å². The van der Waals surface area contributed by atoms with E-state index in [0.29, 0.717) is 19.5 Å². The number of carboxylic acid groups (broad SMARTS) is 1. The molecular formula is C12H21N3O5. The number of urea groups is 1. The largest absolute Gasteiger partial charge is 0.480 e. The smallest absolute Gasteiger partial charge is 0.326 e. The first kappa shape index (κ1) is 16.2. The number of aliphatic hydroxyl groups is 1. The van der Waals surface area contributed by atoms with Crippen molar-refractivity contribution in [1.82, 2.24) is 10.2 Å². The molecule has 1 fully saturated rings. The lowest BCUT2D eigenvalue weighted by Gasteiger charge is -2.20. The lowest BCUT2D eigenvalue weighted by Crippen LogP contribution is -2.47. The molecule has 1 aliphatic heterocycles. The minimum absolute atomic E-state index is 0.0235. The van der Waals surface area contributed by atoms with Gasteiger partial charge in [-0.25, -0.2) is 9.59 Å². The van der Waals surface area contributed by atoms with E-state index in [1.165, 1.54) is 4.90 Å². The van der Waals surface area contributed by atoms with E-state index < -0.39 is 23.9 Å². The minimum Gasteiger partial charge on any atom is -0.480 e. The third-order valence-corrected chi connectivity index (χ3v) is 3.39. The summed E-state index contributed by atoms with van der Waals surface area (Å²) in [5, 5.41) is 20.2. The number of carboxylic acids is 1. The fourth-order valence-corrected chi connectivity index (χ4v) is 2.22. The number of carbonyl (C=O) groups is 3. The maximum absolute atomic E-state index is 11.9. The van der Waals surface area contributed by atoms with Crippen molar-refractivity contribution in [3.05, 3.63) is 0 Å². The number of nitrogens with one attached hydrogen (secondary N) is 1. The van der Waals surface area contributed by atoms with Gasteiger partial charge in [-0.15, -0.1) is 0 Å². The van der Waals surface area contributed by atoms with E-state index in [-0.39, 0.29) is 25.4 Å². The number of nitrogens with zero attached hydrogens (tertiary/aromatic N) is 1. The number of hydrogen-bond donors (Lipinski definition) is 4. The molecule has 2 atom stereocenters. The van der Waals surface area contributed by atoms with E-state index in [4.69, 9.17) is 15.9 Å². The van der Waals surface area contributed by atoms with Crippen molar-refractivity contribution in [3.63, 3.8) is 0 Å². The fourth-order valence-electron chi connectivity index (χ4n) is 2.22. The second kappa shape index (κ2) is 7.68. The molecule has 0 spiro atoms. The molecule has 0 aromatic rings. The van der Waals surface area contributed by atoms with Gasteiger partial charge in [-0.3, -0.25) is 4.79 Å². The average Bonchev–Trinajstić information content (AvgIpc) is 2.82.